The second kappa shape index (κ2) is 5.59. The quantitative estimate of drug-likeness (QED) is 0.763. The van der Waals surface area contributed by atoms with Crippen molar-refractivity contribution in [2.75, 3.05) is 18.6 Å². The number of hydrogen-bond donors (Lipinski definition) is 2. The Morgan fingerprint density at radius 1 is 1.50 bits per heavy atom. The molecule has 0 radical (unpaired) electrons. The summed E-state index contributed by atoms with van der Waals surface area (Å²) in [6.45, 7) is 8.03. The van der Waals surface area contributed by atoms with Gasteiger partial charge in [0.2, 0.25) is 0 Å². The van der Waals surface area contributed by atoms with E-state index in [4.69, 9.17) is 0 Å². The fraction of sp³-hybridized carbons (Fsp3) is 0.727. The van der Waals surface area contributed by atoms with Gasteiger partial charge >= 0.3 is 0 Å². The average molecular weight is 243 g/mol. The van der Waals surface area contributed by atoms with Gasteiger partial charge in [-0.3, -0.25) is 9.31 Å². The molecule has 0 aliphatic carbocycles. The number of nitrogens with one attached hydrogen (secondary N) is 2. The lowest BCUT2D eigenvalue weighted by Crippen LogP contribution is -2.22. The second-order valence-corrected chi connectivity index (χ2v) is 6.53. The normalized spacial score (nSPS) is 14.0. The molecule has 1 aromatic rings. The molecule has 0 saturated carbocycles. The zero-order valence-corrected chi connectivity index (χ0v) is 11.3. The van der Waals surface area contributed by atoms with Crippen molar-refractivity contribution in [2.45, 2.75) is 32.7 Å². The first-order chi connectivity index (χ1) is 7.41. The lowest BCUT2D eigenvalue weighted by Gasteiger charge is -2.18. The van der Waals surface area contributed by atoms with Crippen LogP contribution in [-0.2, 0) is 22.8 Å². The summed E-state index contributed by atoms with van der Waals surface area (Å²) in [5, 5.41) is 10.4. The Morgan fingerprint density at radius 2 is 2.19 bits per heavy atom. The van der Waals surface area contributed by atoms with E-state index in [2.05, 4.69) is 36.3 Å². The third-order valence-electron chi connectivity index (χ3n) is 2.35. The predicted octanol–water partition coefficient (Wildman–Crippen LogP) is 1.18. The molecule has 5 heteroatoms. The van der Waals surface area contributed by atoms with Gasteiger partial charge in [0.25, 0.3) is 0 Å². The number of H-pyrrole nitrogens is 1. The maximum absolute atomic E-state index is 10.9. The predicted molar refractivity (Wildman–Crippen MR) is 67.9 cm³/mol. The van der Waals surface area contributed by atoms with E-state index in [0.717, 1.165) is 18.8 Å². The maximum Gasteiger partial charge on any atom is 0.0535 e. The largest absolute Gasteiger partial charge is 0.312 e. The van der Waals surface area contributed by atoms with Gasteiger partial charge in [-0.1, -0.05) is 20.8 Å². The summed E-state index contributed by atoms with van der Waals surface area (Å²) in [7, 11) is -0.722. The van der Waals surface area contributed by atoms with Crippen molar-refractivity contribution >= 4 is 10.8 Å². The lowest BCUT2D eigenvalue weighted by molar-refractivity contribution is 0.555. The summed E-state index contributed by atoms with van der Waals surface area (Å²) in [5.41, 5.74) is 2.44. The van der Waals surface area contributed by atoms with Gasteiger partial charge in [-0.25, -0.2) is 0 Å². The number of aromatic amines is 1. The molecule has 2 N–H and O–H groups in total. The minimum atomic E-state index is -0.722. The van der Waals surface area contributed by atoms with E-state index < -0.39 is 10.8 Å². The Kier molecular flexibility index (Phi) is 4.68. The fourth-order valence-corrected chi connectivity index (χ4v) is 1.97. The van der Waals surface area contributed by atoms with Crippen molar-refractivity contribution in [3.63, 3.8) is 0 Å². The first-order valence-electron chi connectivity index (χ1n) is 5.44. The highest BCUT2D eigenvalue weighted by Gasteiger charge is 2.19. The third kappa shape index (κ3) is 4.06. The van der Waals surface area contributed by atoms with E-state index in [9.17, 15) is 4.21 Å². The molecule has 1 rings (SSSR count). The van der Waals surface area contributed by atoms with Crippen LogP contribution in [0.25, 0.3) is 0 Å². The smallest absolute Gasteiger partial charge is 0.0535 e. The van der Waals surface area contributed by atoms with Crippen LogP contribution in [0.2, 0.25) is 0 Å². The van der Waals surface area contributed by atoms with E-state index in [1.807, 2.05) is 6.20 Å². The Balaban J connectivity index is 2.49. The fourth-order valence-electron chi connectivity index (χ4n) is 1.53. The van der Waals surface area contributed by atoms with Gasteiger partial charge in [-0.05, 0) is 0 Å². The summed E-state index contributed by atoms with van der Waals surface area (Å²) in [6.07, 6.45) is 3.58. The van der Waals surface area contributed by atoms with Crippen molar-refractivity contribution in [2.24, 2.45) is 0 Å². The Labute approximate surface area is 99.7 Å². The maximum atomic E-state index is 10.9. The monoisotopic (exact) mass is 243 g/mol. The highest BCUT2D eigenvalue weighted by Crippen LogP contribution is 2.22. The van der Waals surface area contributed by atoms with Crippen LogP contribution in [0.3, 0.4) is 0 Å². The number of nitrogens with zero attached hydrogens (tertiary/aromatic N) is 1. The van der Waals surface area contributed by atoms with E-state index in [0.29, 0.717) is 5.75 Å². The van der Waals surface area contributed by atoms with E-state index in [1.54, 1.807) is 6.26 Å². The van der Waals surface area contributed by atoms with Crippen molar-refractivity contribution in [1.82, 2.24) is 15.5 Å². The van der Waals surface area contributed by atoms with Crippen molar-refractivity contribution in [3.8, 4) is 0 Å². The van der Waals surface area contributed by atoms with Crippen LogP contribution in [0.1, 0.15) is 32.0 Å². The van der Waals surface area contributed by atoms with Gasteiger partial charge in [0.05, 0.1) is 6.20 Å². The third-order valence-corrected chi connectivity index (χ3v) is 3.13. The second-order valence-electron chi connectivity index (χ2n) is 4.97. The van der Waals surface area contributed by atoms with Gasteiger partial charge in [0.15, 0.2) is 0 Å². The van der Waals surface area contributed by atoms with Crippen LogP contribution >= 0.6 is 0 Å². The van der Waals surface area contributed by atoms with Gasteiger partial charge in [0, 0.05) is 52.6 Å². The summed E-state index contributed by atoms with van der Waals surface area (Å²) < 4.78 is 10.9. The molecule has 0 saturated heterocycles. The minimum Gasteiger partial charge on any atom is -0.312 e. The van der Waals surface area contributed by atoms with Gasteiger partial charge in [-0.15, -0.1) is 0 Å². The molecule has 0 fully saturated rings. The van der Waals surface area contributed by atoms with Crippen LogP contribution in [0.15, 0.2) is 6.20 Å². The van der Waals surface area contributed by atoms with E-state index in [-0.39, 0.29) is 5.41 Å². The molecule has 4 nitrogen and oxygen atoms in total. The van der Waals surface area contributed by atoms with Gasteiger partial charge in [0.1, 0.15) is 0 Å². The standard InChI is InChI=1S/C11H21N3OS/c1-11(2,3)10-9(8-13-14-10)7-12-5-6-16(4)15/h8,12H,5-7H2,1-4H3,(H,13,14). The SMILES string of the molecule is CS(=O)CCNCc1cn[nH]c1C(C)(C)C. The lowest BCUT2D eigenvalue weighted by atomic mass is 9.89. The molecule has 1 unspecified atom stereocenters. The van der Waals surface area contributed by atoms with Crippen LogP contribution in [0, 0.1) is 0 Å². The molecule has 1 heterocycles. The number of hydrogen-bond acceptors (Lipinski definition) is 3. The van der Waals surface area contributed by atoms with Crippen molar-refractivity contribution in [3.05, 3.63) is 17.5 Å². The molecule has 0 aliphatic rings. The summed E-state index contributed by atoms with van der Waals surface area (Å²) in [4.78, 5) is 0. The molecular formula is C11H21N3OS. The van der Waals surface area contributed by atoms with Gasteiger partial charge < -0.3 is 5.32 Å². The van der Waals surface area contributed by atoms with E-state index in [1.165, 1.54) is 5.56 Å². The number of aromatic nitrogens is 2. The van der Waals surface area contributed by atoms with Crippen LogP contribution in [0.5, 0.6) is 0 Å². The molecule has 92 valence electrons. The van der Waals surface area contributed by atoms with E-state index >= 15 is 0 Å². The van der Waals surface area contributed by atoms with Crippen molar-refractivity contribution in [1.29, 1.82) is 0 Å². The molecule has 16 heavy (non-hydrogen) atoms. The van der Waals surface area contributed by atoms with Gasteiger partial charge in [-0.2, -0.15) is 5.10 Å². The summed E-state index contributed by atoms with van der Waals surface area (Å²) in [6, 6.07) is 0. The molecule has 0 aliphatic heterocycles. The average Bonchev–Trinajstić information content (AvgIpc) is 2.59. The minimum absolute atomic E-state index is 0.0844. The molecular weight excluding hydrogens is 222 g/mol. The topological polar surface area (TPSA) is 57.8 Å². The summed E-state index contributed by atoms with van der Waals surface area (Å²) >= 11 is 0. The molecule has 0 amide bonds. The number of rotatable bonds is 5. The highest BCUT2D eigenvalue weighted by atomic mass is 32.2. The molecule has 0 aromatic carbocycles. The summed E-state index contributed by atoms with van der Waals surface area (Å²) in [5.74, 6) is 0.697. The molecule has 0 bridgehead atoms. The van der Waals surface area contributed by atoms with Crippen LogP contribution in [-0.4, -0.2) is 33.0 Å². The highest BCUT2D eigenvalue weighted by molar-refractivity contribution is 7.84. The first-order valence-corrected chi connectivity index (χ1v) is 7.17. The van der Waals surface area contributed by atoms with Crippen molar-refractivity contribution < 1.29 is 4.21 Å². The zero-order valence-electron chi connectivity index (χ0n) is 10.5. The Hall–Kier alpha value is -0.680. The molecule has 0 spiro atoms. The molecule has 1 aromatic heterocycles. The molecule has 1 atom stereocenters. The Morgan fingerprint density at radius 3 is 2.75 bits per heavy atom. The van der Waals surface area contributed by atoms with Crippen LogP contribution in [0.4, 0.5) is 0 Å². The zero-order chi connectivity index (χ0) is 12.2. The Bertz CT molecular complexity index is 354. The first kappa shape index (κ1) is 13.4. The van der Waals surface area contributed by atoms with Crippen LogP contribution < -0.4 is 5.32 Å².